The van der Waals surface area contributed by atoms with E-state index in [1.165, 1.54) is 12.1 Å². The van der Waals surface area contributed by atoms with Crippen molar-refractivity contribution in [2.45, 2.75) is 6.92 Å². The van der Waals surface area contributed by atoms with Crippen LogP contribution in [-0.2, 0) is 0 Å². The Morgan fingerprint density at radius 2 is 2.25 bits per heavy atom. The summed E-state index contributed by atoms with van der Waals surface area (Å²) in [6, 6.07) is 4.56. The first-order chi connectivity index (χ1) is 5.66. The van der Waals surface area contributed by atoms with Crippen LogP contribution in [-0.4, -0.2) is 5.11 Å². The summed E-state index contributed by atoms with van der Waals surface area (Å²) < 4.78 is 13.6. The molecule has 1 aromatic carbocycles. The molecule has 0 aliphatic rings. The van der Waals surface area contributed by atoms with Crippen molar-refractivity contribution in [2.75, 3.05) is 0 Å². The van der Waals surface area contributed by atoms with Gasteiger partial charge in [0.1, 0.15) is 11.6 Å². The van der Waals surface area contributed by atoms with E-state index >= 15 is 0 Å². The zero-order valence-electron chi connectivity index (χ0n) is 6.51. The highest BCUT2D eigenvalue weighted by atomic mass is 79.9. The average Bonchev–Trinajstić information content (AvgIpc) is 2.03. The second kappa shape index (κ2) is 3.72. The van der Waals surface area contributed by atoms with Gasteiger partial charge in [-0.1, -0.05) is 6.07 Å². The van der Waals surface area contributed by atoms with Crippen LogP contribution < -0.4 is 0 Å². The number of allylic oxidation sites excluding steroid dienone is 1. The highest BCUT2D eigenvalue weighted by molar-refractivity contribution is 9.10. The molecule has 0 spiro atoms. The zero-order valence-corrected chi connectivity index (χ0v) is 8.10. The highest BCUT2D eigenvalue weighted by Gasteiger charge is 2.08. The minimum atomic E-state index is -0.431. The number of hydrogen-bond donors (Lipinski definition) is 1. The van der Waals surface area contributed by atoms with Crippen molar-refractivity contribution in [1.29, 1.82) is 0 Å². The predicted molar refractivity (Wildman–Crippen MR) is 50.4 cm³/mol. The number of hydrogen-bond acceptors (Lipinski definition) is 1. The summed E-state index contributed by atoms with van der Waals surface area (Å²) in [6.45, 7) is 1.65. The maximum absolute atomic E-state index is 13.1. The standard InChI is InChI=1S/C9H8BrFO/c1-2-8(12)9-6(10)4-3-5-7(9)11/h2-5,12H,1H3. The molecule has 0 unspecified atom stereocenters. The summed E-state index contributed by atoms with van der Waals surface area (Å²) in [7, 11) is 0. The molecule has 1 rings (SSSR count). The van der Waals surface area contributed by atoms with Crippen molar-refractivity contribution in [3.05, 3.63) is 40.1 Å². The largest absolute Gasteiger partial charge is 0.508 e. The predicted octanol–water partition coefficient (Wildman–Crippen LogP) is 3.51. The molecule has 0 amide bonds. The smallest absolute Gasteiger partial charge is 0.135 e. The van der Waals surface area contributed by atoms with Crippen molar-refractivity contribution in [2.24, 2.45) is 0 Å². The Labute approximate surface area is 78.7 Å². The second-order valence-electron chi connectivity index (χ2n) is 2.27. The van der Waals surface area contributed by atoms with Gasteiger partial charge in [0.05, 0.1) is 5.56 Å². The van der Waals surface area contributed by atoms with E-state index in [0.29, 0.717) is 4.47 Å². The van der Waals surface area contributed by atoms with Crippen LogP contribution in [0.2, 0.25) is 0 Å². The summed E-state index contributed by atoms with van der Waals surface area (Å²) in [6.07, 6.45) is 1.45. The molecule has 0 bridgehead atoms. The van der Waals surface area contributed by atoms with Gasteiger partial charge in [-0.15, -0.1) is 0 Å². The van der Waals surface area contributed by atoms with Crippen LogP contribution in [0.25, 0.3) is 5.76 Å². The van der Waals surface area contributed by atoms with Crippen molar-refractivity contribution < 1.29 is 9.50 Å². The van der Waals surface area contributed by atoms with Gasteiger partial charge < -0.3 is 5.11 Å². The van der Waals surface area contributed by atoms with Gasteiger partial charge in [0.15, 0.2) is 0 Å². The van der Waals surface area contributed by atoms with Crippen LogP contribution in [0.1, 0.15) is 12.5 Å². The van der Waals surface area contributed by atoms with Crippen molar-refractivity contribution in [3.8, 4) is 0 Å². The van der Waals surface area contributed by atoms with E-state index in [1.54, 1.807) is 19.1 Å². The summed E-state index contributed by atoms with van der Waals surface area (Å²) in [5.74, 6) is -0.486. The number of aliphatic hydroxyl groups excluding tert-OH is 1. The van der Waals surface area contributed by atoms with Crippen LogP contribution in [0.5, 0.6) is 0 Å². The van der Waals surface area contributed by atoms with E-state index in [4.69, 9.17) is 0 Å². The molecule has 0 aromatic heterocycles. The summed E-state index contributed by atoms with van der Waals surface area (Å²) >= 11 is 3.15. The normalized spacial score (nSPS) is 11.8. The number of benzene rings is 1. The lowest BCUT2D eigenvalue weighted by molar-refractivity contribution is 0.500. The third-order valence-electron chi connectivity index (χ3n) is 1.49. The van der Waals surface area contributed by atoms with Gasteiger partial charge in [0.25, 0.3) is 0 Å². The Morgan fingerprint density at radius 3 is 2.75 bits per heavy atom. The van der Waals surface area contributed by atoms with Gasteiger partial charge in [-0.25, -0.2) is 4.39 Å². The molecule has 0 radical (unpaired) electrons. The molecule has 0 aliphatic heterocycles. The maximum atomic E-state index is 13.1. The van der Waals surface area contributed by atoms with Crippen LogP contribution >= 0.6 is 15.9 Å². The Hall–Kier alpha value is -0.830. The van der Waals surface area contributed by atoms with Gasteiger partial charge in [-0.3, -0.25) is 0 Å². The Morgan fingerprint density at radius 1 is 1.58 bits per heavy atom. The van der Waals surface area contributed by atoms with Crippen LogP contribution in [0.4, 0.5) is 4.39 Å². The Balaban J connectivity index is 3.31. The first kappa shape index (κ1) is 9.26. The van der Waals surface area contributed by atoms with E-state index in [9.17, 15) is 9.50 Å². The van der Waals surface area contributed by atoms with Crippen LogP contribution in [0.3, 0.4) is 0 Å². The number of aliphatic hydroxyl groups is 1. The molecule has 1 aromatic rings. The fourth-order valence-corrected chi connectivity index (χ4v) is 1.43. The van der Waals surface area contributed by atoms with E-state index in [2.05, 4.69) is 15.9 Å². The maximum Gasteiger partial charge on any atom is 0.135 e. The fourth-order valence-electron chi connectivity index (χ4n) is 0.887. The molecule has 3 heteroatoms. The lowest BCUT2D eigenvalue weighted by atomic mass is 10.2. The number of halogens is 2. The van der Waals surface area contributed by atoms with Gasteiger partial charge in [-0.2, -0.15) is 0 Å². The molecule has 1 nitrogen and oxygen atoms in total. The summed E-state index contributed by atoms with van der Waals surface area (Å²) in [5.41, 5.74) is 0.208. The molecule has 0 heterocycles. The molecular formula is C9H8BrFO. The lowest BCUT2D eigenvalue weighted by Crippen LogP contribution is -1.89. The highest BCUT2D eigenvalue weighted by Crippen LogP contribution is 2.25. The van der Waals surface area contributed by atoms with E-state index in [1.807, 2.05) is 0 Å². The lowest BCUT2D eigenvalue weighted by Gasteiger charge is -2.03. The van der Waals surface area contributed by atoms with E-state index in [-0.39, 0.29) is 11.3 Å². The van der Waals surface area contributed by atoms with E-state index < -0.39 is 5.82 Å². The quantitative estimate of drug-likeness (QED) is 0.733. The minimum Gasteiger partial charge on any atom is -0.508 e. The van der Waals surface area contributed by atoms with Crippen LogP contribution in [0, 0.1) is 5.82 Å². The van der Waals surface area contributed by atoms with Crippen molar-refractivity contribution >= 4 is 21.7 Å². The average molecular weight is 231 g/mol. The van der Waals surface area contributed by atoms with E-state index in [0.717, 1.165) is 0 Å². The SMILES string of the molecule is CC=C(O)c1c(F)cccc1Br. The number of rotatable bonds is 1. The summed E-state index contributed by atoms with van der Waals surface area (Å²) in [5, 5.41) is 9.28. The fraction of sp³-hybridized carbons (Fsp3) is 0.111. The molecule has 64 valence electrons. The van der Waals surface area contributed by atoms with Crippen molar-refractivity contribution in [3.63, 3.8) is 0 Å². The second-order valence-corrected chi connectivity index (χ2v) is 3.12. The molecule has 0 fully saturated rings. The zero-order chi connectivity index (χ0) is 9.14. The Bertz CT molecular complexity index is 300. The van der Waals surface area contributed by atoms with Gasteiger partial charge in [0.2, 0.25) is 0 Å². The van der Waals surface area contributed by atoms with Gasteiger partial charge in [0, 0.05) is 4.47 Å². The molecular weight excluding hydrogens is 223 g/mol. The molecule has 0 aliphatic carbocycles. The first-order valence-electron chi connectivity index (χ1n) is 3.46. The molecule has 12 heavy (non-hydrogen) atoms. The molecule has 1 N–H and O–H groups in total. The van der Waals surface area contributed by atoms with Crippen molar-refractivity contribution in [1.82, 2.24) is 0 Å². The Kier molecular flexibility index (Phi) is 2.87. The first-order valence-corrected chi connectivity index (χ1v) is 4.25. The topological polar surface area (TPSA) is 20.2 Å². The van der Waals surface area contributed by atoms with Crippen LogP contribution in [0.15, 0.2) is 28.7 Å². The van der Waals surface area contributed by atoms with Gasteiger partial charge in [-0.05, 0) is 41.1 Å². The molecule has 0 saturated heterocycles. The molecule has 0 atom stereocenters. The third-order valence-corrected chi connectivity index (χ3v) is 2.15. The molecule has 0 saturated carbocycles. The third kappa shape index (κ3) is 1.67. The van der Waals surface area contributed by atoms with Gasteiger partial charge >= 0.3 is 0 Å². The monoisotopic (exact) mass is 230 g/mol. The minimum absolute atomic E-state index is 0.0556. The summed E-state index contributed by atoms with van der Waals surface area (Å²) in [4.78, 5) is 0.